The Labute approximate surface area is 150 Å². The summed E-state index contributed by atoms with van der Waals surface area (Å²) in [7, 11) is 0. The van der Waals surface area contributed by atoms with Crippen molar-refractivity contribution in [1.82, 2.24) is 9.80 Å². The summed E-state index contributed by atoms with van der Waals surface area (Å²) in [5.41, 5.74) is 0.632. The number of ketones is 1. The summed E-state index contributed by atoms with van der Waals surface area (Å²) in [6.07, 6.45) is 7.05. The van der Waals surface area contributed by atoms with E-state index in [1.807, 2.05) is 0 Å². The lowest BCUT2D eigenvalue weighted by Gasteiger charge is -2.36. The first-order chi connectivity index (χ1) is 12.2. The van der Waals surface area contributed by atoms with E-state index < -0.39 is 0 Å². The monoisotopic (exact) mass is 344 g/mol. The van der Waals surface area contributed by atoms with Gasteiger partial charge in [0.15, 0.2) is 5.78 Å². The molecular weight excluding hydrogens is 315 g/mol. The van der Waals surface area contributed by atoms with Crippen LogP contribution in [-0.2, 0) is 0 Å². The van der Waals surface area contributed by atoms with Crippen LogP contribution in [0.2, 0.25) is 0 Å². The van der Waals surface area contributed by atoms with E-state index in [1.165, 1.54) is 64.0 Å². The first kappa shape index (κ1) is 17.2. The largest absolute Gasteiger partial charge is 0.301 e. The molecule has 1 aromatic carbocycles. The zero-order valence-electron chi connectivity index (χ0n) is 15.0. The predicted molar refractivity (Wildman–Crippen MR) is 97.2 cm³/mol. The summed E-state index contributed by atoms with van der Waals surface area (Å²) in [6, 6.07) is 6.66. The summed E-state index contributed by atoms with van der Waals surface area (Å²) >= 11 is 0. The quantitative estimate of drug-likeness (QED) is 0.706. The zero-order chi connectivity index (χ0) is 17.2. The van der Waals surface area contributed by atoms with Gasteiger partial charge in [0.2, 0.25) is 0 Å². The van der Waals surface area contributed by atoms with Gasteiger partial charge in [-0.15, -0.1) is 0 Å². The van der Waals surface area contributed by atoms with Crippen molar-refractivity contribution in [3.05, 3.63) is 35.6 Å². The second-order valence-electron chi connectivity index (χ2n) is 8.29. The van der Waals surface area contributed by atoms with Crippen molar-refractivity contribution in [3.8, 4) is 0 Å². The molecule has 136 valence electrons. The maximum Gasteiger partial charge on any atom is 0.162 e. The van der Waals surface area contributed by atoms with Crippen molar-refractivity contribution in [2.75, 3.05) is 32.7 Å². The number of nitrogens with zero attached hydrogens (tertiary/aromatic N) is 2. The highest BCUT2D eigenvalue weighted by atomic mass is 19.1. The molecule has 4 aliphatic rings. The van der Waals surface area contributed by atoms with Crippen LogP contribution in [0, 0.1) is 17.7 Å². The van der Waals surface area contributed by atoms with E-state index in [0.29, 0.717) is 12.0 Å². The SMILES string of the molecule is O=C(CCCN1C[C@@H]2CC[C@H](C1)N(CC1CC1)C2)c1ccc(F)cc1. The van der Waals surface area contributed by atoms with E-state index in [-0.39, 0.29) is 11.6 Å². The lowest BCUT2D eigenvalue weighted by Crippen LogP contribution is -2.44. The van der Waals surface area contributed by atoms with Crippen LogP contribution in [-0.4, -0.2) is 54.3 Å². The van der Waals surface area contributed by atoms with Crippen molar-refractivity contribution in [2.45, 2.75) is 44.6 Å². The van der Waals surface area contributed by atoms with Gasteiger partial charge in [0.05, 0.1) is 0 Å². The molecule has 2 atom stereocenters. The molecule has 25 heavy (non-hydrogen) atoms. The third kappa shape index (κ3) is 4.48. The van der Waals surface area contributed by atoms with Gasteiger partial charge in [-0.05, 0) is 74.8 Å². The Balaban J connectivity index is 1.25. The molecule has 2 bridgehead atoms. The number of hydrogen-bond donors (Lipinski definition) is 0. The fraction of sp³-hybridized carbons (Fsp3) is 0.667. The number of Topliss-reactive ketones (excluding diaryl/α,β-unsaturated/α-hetero) is 1. The van der Waals surface area contributed by atoms with Gasteiger partial charge in [0.25, 0.3) is 0 Å². The van der Waals surface area contributed by atoms with Gasteiger partial charge in [-0.1, -0.05) is 0 Å². The highest BCUT2D eigenvalue weighted by molar-refractivity contribution is 5.95. The van der Waals surface area contributed by atoms with Crippen LogP contribution in [0.3, 0.4) is 0 Å². The molecule has 3 aliphatic heterocycles. The van der Waals surface area contributed by atoms with Crippen molar-refractivity contribution < 1.29 is 9.18 Å². The van der Waals surface area contributed by atoms with Crippen LogP contribution in [0.1, 0.15) is 48.9 Å². The summed E-state index contributed by atoms with van der Waals surface area (Å²) in [5, 5.41) is 0. The minimum absolute atomic E-state index is 0.133. The molecule has 3 heterocycles. The first-order valence-electron chi connectivity index (χ1n) is 9.92. The fourth-order valence-corrected chi connectivity index (χ4v) is 4.56. The second kappa shape index (κ2) is 7.55. The number of piperidine rings is 1. The van der Waals surface area contributed by atoms with Crippen LogP contribution in [0.25, 0.3) is 0 Å². The molecule has 0 unspecified atom stereocenters. The lowest BCUT2D eigenvalue weighted by molar-refractivity contribution is 0.0973. The van der Waals surface area contributed by atoms with E-state index in [1.54, 1.807) is 12.1 Å². The first-order valence-corrected chi connectivity index (χ1v) is 9.92. The Morgan fingerprint density at radius 2 is 1.84 bits per heavy atom. The Kier molecular flexibility index (Phi) is 5.18. The van der Waals surface area contributed by atoms with Gasteiger partial charge in [0.1, 0.15) is 5.82 Å². The van der Waals surface area contributed by atoms with Gasteiger partial charge in [-0.3, -0.25) is 9.69 Å². The molecule has 0 N–H and O–H groups in total. The van der Waals surface area contributed by atoms with E-state index in [2.05, 4.69) is 9.80 Å². The standard InChI is InChI=1S/C21H29FN2O/c22-19-8-6-18(7-9-19)21(25)2-1-11-23-12-17-5-10-20(15-23)24(14-17)13-16-3-4-16/h6-9,16-17,20H,1-5,10-15H2/t17-,20+/m0/s1. The smallest absolute Gasteiger partial charge is 0.162 e. The van der Waals surface area contributed by atoms with Crippen LogP contribution in [0.4, 0.5) is 4.39 Å². The van der Waals surface area contributed by atoms with Crippen LogP contribution in [0.5, 0.6) is 0 Å². The zero-order valence-corrected chi connectivity index (χ0v) is 15.0. The highest BCUT2D eigenvalue weighted by Crippen LogP contribution is 2.34. The molecule has 1 saturated carbocycles. The molecule has 3 saturated heterocycles. The van der Waals surface area contributed by atoms with E-state index in [4.69, 9.17) is 0 Å². The molecule has 0 amide bonds. The number of benzene rings is 1. The highest BCUT2D eigenvalue weighted by Gasteiger charge is 2.37. The molecule has 4 fully saturated rings. The van der Waals surface area contributed by atoms with E-state index >= 15 is 0 Å². The van der Waals surface area contributed by atoms with Gasteiger partial charge in [-0.25, -0.2) is 4.39 Å². The summed E-state index contributed by atoms with van der Waals surface area (Å²) in [4.78, 5) is 17.6. The van der Waals surface area contributed by atoms with Gasteiger partial charge in [0, 0.05) is 44.2 Å². The molecule has 0 radical (unpaired) electrons. The van der Waals surface area contributed by atoms with Gasteiger partial charge in [-0.2, -0.15) is 0 Å². The summed E-state index contributed by atoms with van der Waals surface area (Å²) in [6.45, 7) is 5.98. The number of hydrogen-bond acceptors (Lipinski definition) is 3. The Bertz CT molecular complexity index is 598. The molecule has 5 rings (SSSR count). The Morgan fingerprint density at radius 3 is 2.60 bits per heavy atom. The minimum Gasteiger partial charge on any atom is -0.301 e. The average Bonchev–Trinajstić information content (AvgIpc) is 3.43. The third-order valence-corrected chi connectivity index (χ3v) is 6.14. The lowest BCUT2D eigenvalue weighted by atomic mass is 9.95. The molecule has 0 spiro atoms. The van der Waals surface area contributed by atoms with E-state index in [9.17, 15) is 9.18 Å². The normalized spacial score (nSPS) is 27.4. The summed E-state index contributed by atoms with van der Waals surface area (Å²) in [5.74, 6) is 1.63. The molecule has 4 heteroatoms. The second-order valence-corrected chi connectivity index (χ2v) is 8.29. The third-order valence-electron chi connectivity index (χ3n) is 6.14. The van der Waals surface area contributed by atoms with Crippen LogP contribution in [0.15, 0.2) is 24.3 Å². The fourth-order valence-electron chi connectivity index (χ4n) is 4.56. The van der Waals surface area contributed by atoms with Crippen molar-refractivity contribution in [1.29, 1.82) is 0 Å². The van der Waals surface area contributed by atoms with Crippen molar-refractivity contribution >= 4 is 5.78 Å². The molecule has 0 aromatic heterocycles. The molecule has 1 aromatic rings. The van der Waals surface area contributed by atoms with E-state index in [0.717, 1.165) is 30.8 Å². The molecular formula is C21H29FN2O. The number of carbonyl (C=O) groups excluding carboxylic acids is 1. The number of fused-ring (bicyclic) bond motifs is 4. The molecule has 3 nitrogen and oxygen atoms in total. The summed E-state index contributed by atoms with van der Waals surface area (Å²) < 4.78 is 13.0. The van der Waals surface area contributed by atoms with Crippen molar-refractivity contribution in [2.24, 2.45) is 11.8 Å². The molecule has 1 aliphatic carbocycles. The number of rotatable bonds is 7. The Morgan fingerprint density at radius 1 is 1.04 bits per heavy atom. The predicted octanol–water partition coefficient (Wildman–Crippen LogP) is 3.59. The van der Waals surface area contributed by atoms with Crippen LogP contribution < -0.4 is 0 Å². The topological polar surface area (TPSA) is 23.6 Å². The minimum atomic E-state index is -0.285. The van der Waals surface area contributed by atoms with Gasteiger partial charge >= 0.3 is 0 Å². The van der Waals surface area contributed by atoms with Gasteiger partial charge < -0.3 is 4.90 Å². The maximum atomic E-state index is 13.0. The average molecular weight is 344 g/mol. The van der Waals surface area contributed by atoms with Crippen molar-refractivity contribution in [3.63, 3.8) is 0 Å². The maximum absolute atomic E-state index is 13.0. The number of carbonyl (C=O) groups is 1. The van der Waals surface area contributed by atoms with Crippen LogP contribution >= 0.6 is 0 Å². The Hall–Kier alpha value is -1.26. The number of halogens is 1.